The molecule has 0 aromatic carbocycles. The largest absolute Gasteiger partial charge is 0.341 e. The van der Waals surface area contributed by atoms with Crippen LogP contribution in [-0.4, -0.2) is 36.5 Å². The number of rotatable bonds is 3. The van der Waals surface area contributed by atoms with Gasteiger partial charge in [-0.05, 0) is 37.6 Å². The Morgan fingerprint density at radius 1 is 1.44 bits per heavy atom. The summed E-state index contributed by atoms with van der Waals surface area (Å²) in [4.78, 5) is 14.4. The molecule has 3 heteroatoms. The lowest BCUT2D eigenvalue weighted by Gasteiger charge is -2.39. The SMILES string of the molecule is CCC1CCNC(C(=O)N(C)C(C)C(C)(C)C)C1. The summed E-state index contributed by atoms with van der Waals surface area (Å²) >= 11 is 0. The number of hydrogen-bond donors (Lipinski definition) is 1. The number of likely N-dealkylation sites (N-methyl/N-ethyl adjacent to an activating group) is 1. The molecule has 0 bridgehead atoms. The van der Waals surface area contributed by atoms with Crippen LogP contribution in [0.1, 0.15) is 53.9 Å². The second-order valence-electron chi connectivity index (χ2n) is 6.80. The molecule has 0 aromatic rings. The van der Waals surface area contributed by atoms with Crippen LogP contribution in [0, 0.1) is 11.3 Å². The fourth-order valence-electron chi connectivity index (χ4n) is 2.57. The van der Waals surface area contributed by atoms with E-state index in [9.17, 15) is 4.79 Å². The van der Waals surface area contributed by atoms with Crippen LogP contribution in [0.15, 0.2) is 0 Å². The van der Waals surface area contributed by atoms with Crippen molar-refractivity contribution in [2.75, 3.05) is 13.6 Å². The summed E-state index contributed by atoms with van der Waals surface area (Å²) in [6, 6.07) is 0.285. The molecule has 1 aliphatic rings. The van der Waals surface area contributed by atoms with Gasteiger partial charge in [-0.2, -0.15) is 0 Å². The summed E-state index contributed by atoms with van der Waals surface area (Å²) in [7, 11) is 1.94. The van der Waals surface area contributed by atoms with Gasteiger partial charge in [-0.3, -0.25) is 4.79 Å². The van der Waals surface area contributed by atoms with E-state index in [1.54, 1.807) is 0 Å². The van der Waals surface area contributed by atoms with Crippen molar-refractivity contribution in [2.24, 2.45) is 11.3 Å². The molecule has 0 radical (unpaired) electrons. The van der Waals surface area contributed by atoms with E-state index in [0.717, 1.165) is 13.0 Å². The first kappa shape index (κ1) is 15.5. The molecule has 3 atom stereocenters. The van der Waals surface area contributed by atoms with E-state index < -0.39 is 0 Å². The van der Waals surface area contributed by atoms with Crippen molar-refractivity contribution < 1.29 is 4.79 Å². The first-order chi connectivity index (χ1) is 8.27. The van der Waals surface area contributed by atoms with E-state index in [1.165, 1.54) is 12.8 Å². The van der Waals surface area contributed by atoms with Crippen molar-refractivity contribution in [3.63, 3.8) is 0 Å². The highest BCUT2D eigenvalue weighted by Crippen LogP contribution is 2.25. The third kappa shape index (κ3) is 3.71. The minimum Gasteiger partial charge on any atom is -0.341 e. The molecule has 1 N–H and O–H groups in total. The van der Waals surface area contributed by atoms with Gasteiger partial charge in [-0.15, -0.1) is 0 Å². The lowest BCUT2D eigenvalue weighted by Crippen LogP contribution is -2.53. The van der Waals surface area contributed by atoms with Gasteiger partial charge < -0.3 is 10.2 Å². The van der Waals surface area contributed by atoms with E-state index in [4.69, 9.17) is 0 Å². The molecular formula is C15H30N2O. The molecule has 1 amide bonds. The van der Waals surface area contributed by atoms with Crippen molar-refractivity contribution >= 4 is 5.91 Å². The zero-order chi connectivity index (χ0) is 13.9. The Hall–Kier alpha value is -0.570. The molecule has 106 valence electrons. The second-order valence-corrected chi connectivity index (χ2v) is 6.80. The Bertz CT molecular complexity index is 283. The van der Waals surface area contributed by atoms with Crippen LogP contribution in [0.3, 0.4) is 0 Å². The summed E-state index contributed by atoms with van der Waals surface area (Å²) in [5, 5.41) is 3.38. The maximum atomic E-state index is 12.5. The molecule has 1 aliphatic heterocycles. The van der Waals surface area contributed by atoms with Gasteiger partial charge in [0.15, 0.2) is 0 Å². The lowest BCUT2D eigenvalue weighted by molar-refractivity contribution is -0.136. The predicted molar refractivity (Wildman–Crippen MR) is 76.5 cm³/mol. The predicted octanol–water partition coefficient (Wildman–Crippen LogP) is 2.66. The fourth-order valence-corrected chi connectivity index (χ4v) is 2.57. The molecule has 1 fully saturated rings. The molecular weight excluding hydrogens is 224 g/mol. The molecule has 0 saturated carbocycles. The van der Waals surface area contributed by atoms with Crippen molar-refractivity contribution in [3.05, 3.63) is 0 Å². The maximum absolute atomic E-state index is 12.5. The lowest BCUT2D eigenvalue weighted by atomic mass is 9.85. The van der Waals surface area contributed by atoms with Gasteiger partial charge in [0, 0.05) is 13.1 Å². The van der Waals surface area contributed by atoms with Crippen molar-refractivity contribution in [1.82, 2.24) is 10.2 Å². The Morgan fingerprint density at radius 3 is 2.56 bits per heavy atom. The highest BCUT2D eigenvalue weighted by atomic mass is 16.2. The number of carbonyl (C=O) groups is 1. The quantitative estimate of drug-likeness (QED) is 0.840. The van der Waals surface area contributed by atoms with Gasteiger partial charge in [0.1, 0.15) is 0 Å². The fraction of sp³-hybridized carbons (Fsp3) is 0.933. The average Bonchev–Trinajstić information content (AvgIpc) is 2.35. The normalized spacial score (nSPS) is 26.8. The maximum Gasteiger partial charge on any atom is 0.239 e. The van der Waals surface area contributed by atoms with Crippen molar-refractivity contribution in [3.8, 4) is 0 Å². The average molecular weight is 254 g/mol. The molecule has 1 saturated heterocycles. The van der Waals surface area contributed by atoms with Crippen LogP contribution in [-0.2, 0) is 4.79 Å². The topological polar surface area (TPSA) is 32.3 Å². The highest BCUT2D eigenvalue weighted by Gasteiger charge is 2.33. The Labute approximate surface area is 112 Å². The van der Waals surface area contributed by atoms with Crippen molar-refractivity contribution in [2.45, 2.75) is 66.0 Å². The Morgan fingerprint density at radius 2 is 2.06 bits per heavy atom. The van der Waals surface area contributed by atoms with Crippen LogP contribution in [0.5, 0.6) is 0 Å². The van der Waals surface area contributed by atoms with Crippen LogP contribution in [0.4, 0.5) is 0 Å². The Kier molecular flexibility index (Phi) is 5.20. The summed E-state index contributed by atoms with van der Waals surface area (Å²) in [5.74, 6) is 0.967. The van der Waals surface area contributed by atoms with Gasteiger partial charge in [-0.25, -0.2) is 0 Å². The van der Waals surface area contributed by atoms with Crippen LogP contribution in [0.2, 0.25) is 0 Å². The number of nitrogens with zero attached hydrogens (tertiary/aromatic N) is 1. The minimum atomic E-state index is 0.0264. The molecule has 0 spiro atoms. The van der Waals surface area contributed by atoms with Gasteiger partial charge in [0.2, 0.25) is 5.91 Å². The van der Waals surface area contributed by atoms with Gasteiger partial charge >= 0.3 is 0 Å². The Balaban J connectivity index is 2.63. The number of carbonyl (C=O) groups excluding carboxylic acids is 1. The minimum absolute atomic E-state index is 0.0264. The summed E-state index contributed by atoms with van der Waals surface area (Å²) < 4.78 is 0. The summed E-state index contributed by atoms with van der Waals surface area (Å²) in [6.07, 6.45) is 3.39. The number of nitrogens with one attached hydrogen (secondary N) is 1. The number of hydrogen-bond acceptors (Lipinski definition) is 2. The molecule has 18 heavy (non-hydrogen) atoms. The zero-order valence-electron chi connectivity index (χ0n) is 12.9. The third-order valence-electron chi connectivity index (χ3n) is 4.57. The van der Waals surface area contributed by atoms with Crippen LogP contribution < -0.4 is 5.32 Å². The van der Waals surface area contributed by atoms with Crippen LogP contribution >= 0.6 is 0 Å². The molecule has 1 heterocycles. The van der Waals surface area contributed by atoms with Gasteiger partial charge in [0.25, 0.3) is 0 Å². The van der Waals surface area contributed by atoms with E-state index in [-0.39, 0.29) is 23.4 Å². The first-order valence-electron chi connectivity index (χ1n) is 7.27. The van der Waals surface area contributed by atoms with Crippen molar-refractivity contribution in [1.29, 1.82) is 0 Å². The van der Waals surface area contributed by atoms with Gasteiger partial charge in [-0.1, -0.05) is 34.1 Å². The third-order valence-corrected chi connectivity index (χ3v) is 4.57. The van der Waals surface area contributed by atoms with E-state index in [2.05, 4.69) is 39.9 Å². The molecule has 3 unspecified atom stereocenters. The van der Waals surface area contributed by atoms with E-state index in [1.807, 2.05) is 11.9 Å². The zero-order valence-corrected chi connectivity index (χ0v) is 12.9. The monoisotopic (exact) mass is 254 g/mol. The molecule has 3 nitrogen and oxygen atoms in total. The second kappa shape index (κ2) is 6.05. The molecule has 0 aromatic heterocycles. The standard InChI is InChI=1S/C15H30N2O/c1-7-12-8-9-16-13(10-12)14(18)17(6)11(2)15(3,4)5/h11-13,16H,7-10H2,1-6H3. The van der Waals surface area contributed by atoms with Gasteiger partial charge in [0.05, 0.1) is 6.04 Å². The smallest absolute Gasteiger partial charge is 0.239 e. The summed E-state index contributed by atoms with van der Waals surface area (Å²) in [6.45, 7) is 11.9. The first-order valence-corrected chi connectivity index (χ1v) is 7.27. The van der Waals surface area contributed by atoms with E-state index in [0.29, 0.717) is 5.92 Å². The van der Waals surface area contributed by atoms with Crippen LogP contribution in [0.25, 0.3) is 0 Å². The number of piperidine rings is 1. The molecule has 1 rings (SSSR count). The highest BCUT2D eigenvalue weighted by molar-refractivity contribution is 5.82. The van der Waals surface area contributed by atoms with E-state index >= 15 is 0 Å². The number of amides is 1. The molecule has 0 aliphatic carbocycles. The summed E-state index contributed by atoms with van der Waals surface area (Å²) in [5.41, 5.74) is 0.128.